The summed E-state index contributed by atoms with van der Waals surface area (Å²) in [6, 6.07) is 3.58. The molecule has 1 saturated carbocycles. The lowest BCUT2D eigenvalue weighted by Crippen LogP contribution is -2.40. The van der Waals surface area contributed by atoms with Gasteiger partial charge < -0.3 is 19.7 Å². The van der Waals surface area contributed by atoms with Crippen molar-refractivity contribution < 1.29 is 9.52 Å². The van der Waals surface area contributed by atoms with Gasteiger partial charge in [0.15, 0.2) is 5.96 Å². The van der Waals surface area contributed by atoms with Crippen LogP contribution >= 0.6 is 0 Å². The number of nitrogens with zero attached hydrogens (tertiary/aromatic N) is 2. The molecule has 5 heteroatoms. The van der Waals surface area contributed by atoms with Crippen LogP contribution in [0, 0.1) is 11.8 Å². The second kappa shape index (κ2) is 7.18. The van der Waals surface area contributed by atoms with E-state index in [0.717, 1.165) is 37.4 Å². The van der Waals surface area contributed by atoms with Gasteiger partial charge in [-0.3, -0.25) is 0 Å². The van der Waals surface area contributed by atoms with E-state index in [1.165, 1.54) is 25.7 Å². The minimum atomic E-state index is -0.673. The summed E-state index contributed by atoms with van der Waals surface area (Å²) >= 11 is 0. The second-order valence-electron chi connectivity index (χ2n) is 6.44. The fourth-order valence-corrected chi connectivity index (χ4v) is 3.75. The molecule has 0 amide bonds. The minimum Gasteiger partial charge on any atom is -0.467 e. The summed E-state index contributed by atoms with van der Waals surface area (Å²) in [5.41, 5.74) is 0. The van der Waals surface area contributed by atoms with E-state index in [1.54, 1.807) is 18.4 Å². The molecule has 1 aromatic rings. The van der Waals surface area contributed by atoms with Gasteiger partial charge in [0.25, 0.3) is 0 Å². The van der Waals surface area contributed by atoms with Crippen molar-refractivity contribution in [2.75, 3.05) is 26.2 Å². The van der Waals surface area contributed by atoms with Crippen LogP contribution in [0.25, 0.3) is 0 Å². The zero-order valence-electron chi connectivity index (χ0n) is 13.4. The van der Waals surface area contributed by atoms with Gasteiger partial charge in [-0.25, -0.2) is 4.99 Å². The van der Waals surface area contributed by atoms with Crippen molar-refractivity contribution in [2.24, 2.45) is 16.8 Å². The molecule has 1 aromatic heterocycles. The Bertz CT molecular complexity index is 472. The summed E-state index contributed by atoms with van der Waals surface area (Å²) in [5, 5.41) is 13.5. The number of hydrogen-bond acceptors (Lipinski definition) is 3. The lowest BCUT2D eigenvalue weighted by Gasteiger charge is -2.22. The van der Waals surface area contributed by atoms with E-state index in [0.29, 0.717) is 12.3 Å². The Labute approximate surface area is 132 Å². The average molecular weight is 305 g/mol. The van der Waals surface area contributed by atoms with E-state index < -0.39 is 6.10 Å². The molecule has 0 aromatic carbocycles. The molecular weight excluding hydrogens is 278 g/mol. The average Bonchev–Trinajstić information content (AvgIpc) is 3.19. The first kappa shape index (κ1) is 15.4. The Morgan fingerprint density at radius 1 is 1.41 bits per heavy atom. The van der Waals surface area contributed by atoms with Gasteiger partial charge in [0.2, 0.25) is 0 Å². The Balaban J connectivity index is 1.63. The molecule has 0 radical (unpaired) electrons. The maximum atomic E-state index is 10.1. The first-order valence-corrected chi connectivity index (χ1v) is 8.52. The van der Waals surface area contributed by atoms with Crippen molar-refractivity contribution in [1.29, 1.82) is 0 Å². The SMILES string of the molecule is CCNC(=NCC(O)c1ccco1)N1CC2CCCCC2C1. The third kappa shape index (κ3) is 3.46. The summed E-state index contributed by atoms with van der Waals surface area (Å²) in [6.45, 7) is 5.48. The summed E-state index contributed by atoms with van der Waals surface area (Å²) < 4.78 is 5.24. The van der Waals surface area contributed by atoms with Crippen molar-refractivity contribution in [3.8, 4) is 0 Å². The number of aliphatic hydroxyl groups excluding tert-OH is 1. The quantitative estimate of drug-likeness (QED) is 0.662. The monoisotopic (exact) mass is 305 g/mol. The number of likely N-dealkylation sites (tertiary alicyclic amines) is 1. The van der Waals surface area contributed by atoms with Gasteiger partial charge >= 0.3 is 0 Å². The zero-order valence-corrected chi connectivity index (χ0v) is 13.4. The van der Waals surface area contributed by atoms with Crippen LogP contribution < -0.4 is 5.32 Å². The number of nitrogens with one attached hydrogen (secondary N) is 1. The third-order valence-electron chi connectivity index (χ3n) is 4.90. The summed E-state index contributed by atoms with van der Waals surface area (Å²) in [6.07, 6.45) is 6.37. The molecule has 2 fully saturated rings. The molecular formula is C17H27N3O2. The molecule has 3 unspecified atom stereocenters. The predicted octanol–water partition coefficient (Wildman–Crippen LogP) is 2.40. The molecule has 3 atom stereocenters. The highest BCUT2D eigenvalue weighted by atomic mass is 16.4. The maximum absolute atomic E-state index is 10.1. The molecule has 0 bridgehead atoms. The smallest absolute Gasteiger partial charge is 0.194 e. The molecule has 0 spiro atoms. The van der Waals surface area contributed by atoms with Crippen LogP contribution in [0.4, 0.5) is 0 Å². The van der Waals surface area contributed by atoms with Crippen LogP contribution in [0.1, 0.15) is 44.5 Å². The topological polar surface area (TPSA) is 61.0 Å². The number of rotatable bonds is 4. The van der Waals surface area contributed by atoms with E-state index in [1.807, 2.05) is 0 Å². The van der Waals surface area contributed by atoms with E-state index in [9.17, 15) is 5.11 Å². The van der Waals surface area contributed by atoms with E-state index >= 15 is 0 Å². The van der Waals surface area contributed by atoms with Crippen molar-refractivity contribution in [3.05, 3.63) is 24.2 Å². The van der Waals surface area contributed by atoms with Crippen LogP contribution in [-0.4, -0.2) is 42.1 Å². The lowest BCUT2D eigenvalue weighted by molar-refractivity contribution is 0.158. The molecule has 122 valence electrons. The van der Waals surface area contributed by atoms with Crippen molar-refractivity contribution in [1.82, 2.24) is 10.2 Å². The standard InChI is InChI=1S/C17H27N3O2/c1-2-18-17(19-10-15(21)16-8-5-9-22-16)20-11-13-6-3-4-7-14(13)12-20/h5,8-9,13-15,21H,2-4,6-7,10-12H2,1H3,(H,18,19). The molecule has 22 heavy (non-hydrogen) atoms. The highest BCUT2D eigenvalue weighted by Gasteiger charge is 2.35. The summed E-state index contributed by atoms with van der Waals surface area (Å²) in [4.78, 5) is 7.00. The molecule has 1 saturated heterocycles. The summed E-state index contributed by atoms with van der Waals surface area (Å²) in [7, 11) is 0. The van der Waals surface area contributed by atoms with Crippen LogP contribution in [-0.2, 0) is 0 Å². The van der Waals surface area contributed by atoms with Gasteiger partial charge in [-0.05, 0) is 43.7 Å². The van der Waals surface area contributed by atoms with Crippen molar-refractivity contribution in [3.63, 3.8) is 0 Å². The number of fused-ring (bicyclic) bond motifs is 1. The molecule has 2 aliphatic rings. The molecule has 2 heterocycles. The number of hydrogen-bond donors (Lipinski definition) is 2. The third-order valence-corrected chi connectivity index (χ3v) is 4.90. The predicted molar refractivity (Wildman–Crippen MR) is 86.7 cm³/mol. The van der Waals surface area contributed by atoms with Gasteiger partial charge in [-0.2, -0.15) is 0 Å². The summed E-state index contributed by atoms with van der Waals surface area (Å²) in [5.74, 6) is 3.16. The van der Waals surface area contributed by atoms with Gasteiger partial charge in [-0.15, -0.1) is 0 Å². The van der Waals surface area contributed by atoms with E-state index in [4.69, 9.17) is 4.42 Å². The highest BCUT2D eigenvalue weighted by Crippen LogP contribution is 2.36. The molecule has 5 nitrogen and oxygen atoms in total. The van der Waals surface area contributed by atoms with Gasteiger partial charge in [0.05, 0.1) is 12.8 Å². The fourth-order valence-electron chi connectivity index (χ4n) is 3.75. The molecule has 3 rings (SSSR count). The Kier molecular flexibility index (Phi) is 5.03. The normalized spacial score (nSPS) is 26.8. The maximum Gasteiger partial charge on any atom is 0.194 e. The number of furan rings is 1. The van der Waals surface area contributed by atoms with Crippen LogP contribution in [0.3, 0.4) is 0 Å². The highest BCUT2D eigenvalue weighted by molar-refractivity contribution is 5.80. The number of aliphatic imine (C=N–C) groups is 1. The molecule has 1 aliphatic heterocycles. The first-order chi connectivity index (χ1) is 10.8. The van der Waals surface area contributed by atoms with Gasteiger partial charge in [-0.1, -0.05) is 12.8 Å². The van der Waals surface area contributed by atoms with Crippen LogP contribution in [0.15, 0.2) is 27.8 Å². The lowest BCUT2D eigenvalue weighted by atomic mass is 9.82. The number of aliphatic hydroxyl groups is 1. The minimum absolute atomic E-state index is 0.335. The van der Waals surface area contributed by atoms with E-state index in [-0.39, 0.29) is 0 Å². The fraction of sp³-hybridized carbons (Fsp3) is 0.706. The Morgan fingerprint density at radius 2 is 2.14 bits per heavy atom. The number of guanidine groups is 1. The first-order valence-electron chi connectivity index (χ1n) is 8.52. The Morgan fingerprint density at radius 3 is 2.73 bits per heavy atom. The zero-order chi connectivity index (χ0) is 15.4. The van der Waals surface area contributed by atoms with Crippen LogP contribution in [0.2, 0.25) is 0 Å². The second-order valence-corrected chi connectivity index (χ2v) is 6.44. The van der Waals surface area contributed by atoms with Crippen LogP contribution in [0.5, 0.6) is 0 Å². The van der Waals surface area contributed by atoms with Crippen molar-refractivity contribution >= 4 is 5.96 Å². The van der Waals surface area contributed by atoms with Gasteiger partial charge in [0.1, 0.15) is 11.9 Å². The van der Waals surface area contributed by atoms with Crippen molar-refractivity contribution in [2.45, 2.75) is 38.7 Å². The van der Waals surface area contributed by atoms with E-state index in [2.05, 4.69) is 22.1 Å². The molecule has 1 aliphatic carbocycles. The Hall–Kier alpha value is -1.49. The largest absolute Gasteiger partial charge is 0.467 e. The van der Waals surface area contributed by atoms with Gasteiger partial charge in [0, 0.05) is 19.6 Å². The molecule has 2 N–H and O–H groups in total.